The molecule has 6 heteroatoms. The first kappa shape index (κ1) is 20.6. The van der Waals surface area contributed by atoms with Crippen LogP contribution in [0.1, 0.15) is 27.0 Å². The Bertz CT molecular complexity index is 1100. The van der Waals surface area contributed by atoms with Crippen molar-refractivity contribution in [3.05, 3.63) is 95.1 Å². The fraction of sp³-hybridized carbons (Fsp3) is 0.125. The zero-order chi connectivity index (χ0) is 21.5. The van der Waals surface area contributed by atoms with E-state index in [-0.39, 0.29) is 11.9 Å². The van der Waals surface area contributed by atoms with Gasteiger partial charge in [-0.1, -0.05) is 36.4 Å². The SMILES string of the molecule is Cc1ccc(NC(=O)c2ccccc2)cc1NC(=O)N(C)Cc1cccc(C#N)c1. The van der Waals surface area contributed by atoms with Crippen molar-refractivity contribution in [1.82, 2.24) is 4.90 Å². The van der Waals surface area contributed by atoms with Crippen LogP contribution in [0.2, 0.25) is 0 Å². The first-order valence-corrected chi connectivity index (χ1v) is 9.44. The molecule has 0 aliphatic carbocycles. The topological polar surface area (TPSA) is 85.2 Å². The number of hydrogen-bond donors (Lipinski definition) is 2. The molecule has 0 atom stereocenters. The van der Waals surface area contributed by atoms with Gasteiger partial charge in [-0.15, -0.1) is 0 Å². The third-order valence-electron chi connectivity index (χ3n) is 4.60. The standard InChI is InChI=1S/C24H22N4O2/c1-17-11-12-21(26-23(29)20-9-4-3-5-10-20)14-22(17)27-24(30)28(2)16-19-8-6-7-18(13-19)15-25/h3-14H,16H2,1-2H3,(H,26,29)(H,27,30). The summed E-state index contributed by atoms with van der Waals surface area (Å²) in [7, 11) is 1.69. The van der Waals surface area contributed by atoms with Crippen LogP contribution in [0.5, 0.6) is 0 Å². The largest absolute Gasteiger partial charge is 0.323 e. The van der Waals surface area contributed by atoms with Crippen LogP contribution in [0.3, 0.4) is 0 Å². The number of rotatable bonds is 5. The van der Waals surface area contributed by atoms with E-state index in [4.69, 9.17) is 5.26 Å². The predicted octanol–water partition coefficient (Wildman–Crippen LogP) is 4.78. The first-order valence-electron chi connectivity index (χ1n) is 9.44. The molecule has 0 saturated heterocycles. The molecular weight excluding hydrogens is 376 g/mol. The van der Waals surface area contributed by atoms with Gasteiger partial charge in [-0.25, -0.2) is 4.79 Å². The zero-order valence-electron chi connectivity index (χ0n) is 16.8. The molecule has 0 heterocycles. The monoisotopic (exact) mass is 398 g/mol. The maximum Gasteiger partial charge on any atom is 0.321 e. The Balaban J connectivity index is 1.68. The summed E-state index contributed by atoms with van der Waals surface area (Å²) in [6, 6.07) is 23.3. The van der Waals surface area contributed by atoms with Crippen LogP contribution >= 0.6 is 0 Å². The summed E-state index contributed by atoms with van der Waals surface area (Å²) >= 11 is 0. The van der Waals surface area contributed by atoms with Crippen LogP contribution < -0.4 is 10.6 Å². The Morgan fingerprint density at radius 1 is 0.967 bits per heavy atom. The van der Waals surface area contributed by atoms with Crippen LogP contribution in [0.4, 0.5) is 16.2 Å². The van der Waals surface area contributed by atoms with Crippen molar-refractivity contribution in [3.8, 4) is 6.07 Å². The lowest BCUT2D eigenvalue weighted by molar-refractivity contribution is 0.102. The van der Waals surface area contributed by atoms with Gasteiger partial charge in [0.25, 0.3) is 5.91 Å². The summed E-state index contributed by atoms with van der Waals surface area (Å²) in [5.74, 6) is -0.216. The van der Waals surface area contributed by atoms with Crippen molar-refractivity contribution < 1.29 is 9.59 Å². The van der Waals surface area contributed by atoms with Crippen molar-refractivity contribution in [1.29, 1.82) is 5.26 Å². The summed E-state index contributed by atoms with van der Waals surface area (Å²) < 4.78 is 0. The smallest absolute Gasteiger partial charge is 0.321 e. The normalized spacial score (nSPS) is 10.0. The van der Waals surface area contributed by atoms with E-state index in [0.29, 0.717) is 29.0 Å². The van der Waals surface area contributed by atoms with Gasteiger partial charge in [0.15, 0.2) is 0 Å². The fourth-order valence-electron chi connectivity index (χ4n) is 2.92. The maximum atomic E-state index is 12.6. The number of hydrogen-bond acceptors (Lipinski definition) is 3. The van der Waals surface area contributed by atoms with E-state index in [2.05, 4.69) is 16.7 Å². The van der Waals surface area contributed by atoms with Gasteiger partial charge >= 0.3 is 6.03 Å². The van der Waals surface area contributed by atoms with Gasteiger partial charge in [0.1, 0.15) is 0 Å². The highest BCUT2D eigenvalue weighted by Gasteiger charge is 2.13. The van der Waals surface area contributed by atoms with Gasteiger partial charge in [0, 0.05) is 30.5 Å². The molecule has 0 radical (unpaired) electrons. The van der Waals surface area contributed by atoms with E-state index in [1.807, 2.05) is 25.1 Å². The minimum absolute atomic E-state index is 0.216. The summed E-state index contributed by atoms with van der Waals surface area (Å²) in [6.45, 7) is 2.25. The summed E-state index contributed by atoms with van der Waals surface area (Å²) in [4.78, 5) is 26.5. The fourth-order valence-corrected chi connectivity index (χ4v) is 2.92. The number of carbonyl (C=O) groups excluding carboxylic acids is 2. The minimum Gasteiger partial charge on any atom is -0.323 e. The third-order valence-corrected chi connectivity index (χ3v) is 4.60. The van der Waals surface area contributed by atoms with Gasteiger partial charge in [0.05, 0.1) is 11.6 Å². The predicted molar refractivity (Wildman–Crippen MR) is 117 cm³/mol. The molecule has 0 unspecified atom stereocenters. The average Bonchev–Trinajstić information content (AvgIpc) is 2.76. The second-order valence-corrected chi connectivity index (χ2v) is 6.95. The van der Waals surface area contributed by atoms with Gasteiger partial charge in [0.2, 0.25) is 0 Å². The molecule has 2 N–H and O–H groups in total. The lowest BCUT2D eigenvalue weighted by atomic mass is 10.1. The average molecular weight is 398 g/mol. The van der Waals surface area contributed by atoms with E-state index in [9.17, 15) is 9.59 Å². The first-order chi connectivity index (χ1) is 14.5. The van der Waals surface area contributed by atoms with Crippen LogP contribution in [-0.4, -0.2) is 23.9 Å². The number of benzene rings is 3. The summed E-state index contributed by atoms with van der Waals surface area (Å²) in [5, 5.41) is 14.7. The van der Waals surface area contributed by atoms with E-state index in [1.54, 1.807) is 61.6 Å². The second-order valence-electron chi connectivity index (χ2n) is 6.95. The Kier molecular flexibility index (Phi) is 6.46. The number of nitrogens with one attached hydrogen (secondary N) is 2. The van der Waals surface area contributed by atoms with Crippen LogP contribution in [0, 0.1) is 18.3 Å². The molecule has 0 aliphatic heterocycles. The molecule has 30 heavy (non-hydrogen) atoms. The highest BCUT2D eigenvalue weighted by atomic mass is 16.2. The van der Waals surface area contributed by atoms with Gasteiger partial charge < -0.3 is 15.5 Å². The quantitative estimate of drug-likeness (QED) is 0.648. The molecule has 0 saturated carbocycles. The van der Waals surface area contributed by atoms with Crippen LogP contribution in [0.25, 0.3) is 0 Å². The molecule has 0 spiro atoms. The third kappa shape index (κ3) is 5.24. The number of carbonyl (C=O) groups is 2. The zero-order valence-corrected chi connectivity index (χ0v) is 16.8. The molecule has 0 aliphatic rings. The number of aryl methyl sites for hydroxylation is 1. The van der Waals surface area contributed by atoms with Crippen molar-refractivity contribution in [2.75, 3.05) is 17.7 Å². The Labute approximate surface area is 175 Å². The molecule has 3 rings (SSSR count). The highest BCUT2D eigenvalue weighted by molar-refractivity contribution is 6.04. The number of nitrogens with zero attached hydrogens (tertiary/aromatic N) is 2. The number of nitriles is 1. The molecule has 3 amide bonds. The molecule has 0 fully saturated rings. The van der Waals surface area contributed by atoms with Crippen molar-refractivity contribution >= 4 is 23.3 Å². The molecule has 3 aromatic rings. The van der Waals surface area contributed by atoms with Crippen molar-refractivity contribution in [3.63, 3.8) is 0 Å². The molecule has 3 aromatic carbocycles. The number of urea groups is 1. The number of amides is 3. The van der Waals surface area contributed by atoms with E-state index >= 15 is 0 Å². The lowest BCUT2D eigenvalue weighted by Gasteiger charge is -2.19. The Hall–Kier alpha value is -4.11. The molecular formula is C24H22N4O2. The van der Waals surface area contributed by atoms with Crippen molar-refractivity contribution in [2.45, 2.75) is 13.5 Å². The highest BCUT2D eigenvalue weighted by Crippen LogP contribution is 2.21. The Morgan fingerprint density at radius 3 is 2.47 bits per heavy atom. The summed E-state index contributed by atoms with van der Waals surface area (Å²) in [6.07, 6.45) is 0. The molecule has 0 aromatic heterocycles. The minimum atomic E-state index is -0.285. The lowest BCUT2D eigenvalue weighted by Crippen LogP contribution is -2.31. The summed E-state index contributed by atoms with van der Waals surface area (Å²) in [5.41, 5.74) is 4.06. The van der Waals surface area contributed by atoms with Crippen LogP contribution in [0.15, 0.2) is 72.8 Å². The van der Waals surface area contributed by atoms with E-state index in [1.165, 1.54) is 4.90 Å². The molecule has 150 valence electrons. The molecule has 0 bridgehead atoms. The maximum absolute atomic E-state index is 12.6. The molecule has 6 nitrogen and oxygen atoms in total. The van der Waals surface area contributed by atoms with Crippen LogP contribution in [-0.2, 0) is 6.54 Å². The van der Waals surface area contributed by atoms with Gasteiger partial charge in [-0.05, 0) is 54.4 Å². The number of anilines is 2. The van der Waals surface area contributed by atoms with E-state index < -0.39 is 0 Å². The van der Waals surface area contributed by atoms with Gasteiger partial charge in [-0.3, -0.25) is 4.79 Å². The van der Waals surface area contributed by atoms with E-state index in [0.717, 1.165) is 11.1 Å². The Morgan fingerprint density at radius 2 is 1.73 bits per heavy atom. The van der Waals surface area contributed by atoms with Crippen molar-refractivity contribution in [2.24, 2.45) is 0 Å². The second kappa shape index (κ2) is 9.39. The van der Waals surface area contributed by atoms with Gasteiger partial charge in [-0.2, -0.15) is 5.26 Å².